The summed E-state index contributed by atoms with van der Waals surface area (Å²) in [5.74, 6) is 0. The molecule has 0 aliphatic carbocycles. The monoisotopic (exact) mass is 188 g/mol. The molecule has 0 saturated carbocycles. The van der Waals surface area contributed by atoms with E-state index in [-0.39, 0.29) is 16.8 Å². The lowest BCUT2D eigenvalue weighted by Crippen LogP contribution is -2.04. The molecular weight excluding hydrogens is 178 g/mol. The molecule has 0 radical (unpaired) electrons. The van der Waals surface area contributed by atoms with Crippen molar-refractivity contribution in [2.45, 2.75) is 20.0 Å². The molecule has 0 bridgehead atoms. The molecule has 0 aromatic carbocycles. The summed E-state index contributed by atoms with van der Waals surface area (Å²) in [4.78, 5) is 3.77. The standard InChI is InChI=1S/C8H10F2N2O/c1-4-7(11)6(8(9)10)5(3-13)2-12-4/h2,8,13H,3,11H2,1H3. The van der Waals surface area contributed by atoms with Gasteiger partial charge >= 0.3 is 0 Å². The number of rotatable bonds is 2. The quantitative estimate of drug-likeness (QED) is 0.737. The van der Waals surface area contributed by atoms with Crippen LogP contribution in [0, 0.1) is 6.92 Å². The number of nitrogens with zero attached hydrogens (tertiary/aromatic N) is 1. The Labute approximate surface area is 74.2 Å². The van der Waals surface area contributed by atoms with E-state index in [1.807, 2.05) is 0 Å². The first-order valence-corrected chi connectivity index (χ1v) is 3.70. The maximum atomic E-state index is 12.4. The van der Waals surface area contributed by atoms with E-state index in [2.05, 4.69) is 4.98 Å². The van der Waals surface area contributed by atoms with E-state index in [9.17, 15) is 8.78 Å². The Balaban J connectivity index is 3.32. The fraction of sp³-hybridized carbons (Fsp3) is 0.375. The maximum Gasteiger partial charge on any atom is 0.266 e. The Bertz CT molecular complexity index is 315. The van der Waals surface area contributed by atoms with Gasteiger partial charge in [0, 0.05) is 17.3 Å². The fourth-order valence-corrected chi connectivity index (χ4v) is 1.07. The molecule has 72 valence electrons. The van der Waals surface area contributed by atoms with Crippen LogP contribution >= 0.6 is 0 Å². The Morgan fingerprint density at radius 3 is 2.69 bits per heavy atom. The number of aliphatic hydroxyl groups excluding tert-OH is 1. The van der Waals surface area contributed by atoms with Crippen LogP contribution in [-0.4, -0.2) is 10.1 Å². The maximum absolute atomic E-state index is 12.4. The average Bonchev–Trinajstić information content (AvgIpc) is 2.08. The Morgan fingerprint density at radius 1 is 1.62 bits per heavy atom. The van der Waals surface area contributed by atoms with Crippen LogP contribution in [0.1, 0.15) is 23.2 Å². The van der Waals surface area contributed by atoms with Gasteiger partial charge in [-0.25, -0.2) is 8.78 Å². The summed E-state index contributed by atoms with van der Waals surface area (Å²) in [5, 5.41) is 8.75. The van der Waals surface area contributed by atoms with Crippen LogP contribution in [0.25, 0.3) is 0 Å². The van der Waals surface area contributed by atoms with Crippen molar-refractivity contribution in [1.82, 2.24) is 4.98 Å². The minimum Gasteiger partial charge on any atom is -0.397 e. The zero-order chi connectivity index (χ0) is 10.0. The highest BCUT2D eigenvalue weighted by Crippen LogP contribution is 2.29. The van der Waals surface area contributed by atoms with Crippen molar-refractivity contribution in [2.75, 3.05) is 5.73 Å². The molecule has 1 aromatic rings. The predicted molar refractivity (Wildman–Crippen MR) is 44.3 cm³/mol. The van der Waals surface area contributed by atoms with E-state index in [1.54, 1.807) is 6.92 Å². The second kappa shape index (κ2) is 3.66. The van der Waals surface area contributed by atoms with Crippen LogP contribution in [0.15, 0.2) is 6.20 Å². The minimum absolute atomic E-state index is 0.0402. The van der Waals surface area contributed by atoms with Gasteiger partial charge < -0.3 is 10.8 Å². The van der Waals surface area contributed by atoms with Crippen LogP contribution in [0.4, 0.5) is 14.5 Å². The fourth-order valence-electron chi connectivity index (χ4n) is 1.07. The molecule has 0 amide bonds. The summed E-state index contributed by atoms with van der Waals surface area (Å²) in [6, 6.07) is 0. The number of anilines is 1. The summed E-state index contributed by atoms with van der Waals surface area (Å²) >= 11 is 0. The third kappa shape index (κ3) is 1.75. The highest BCUT2D eigenvalue weighted by Gasteiger charge is 2.17. The van der Waals surface area contributed by atoms with E-state index >= 15 is 0 Å². The number of alkyl halides is 2. The molecule has 13 heavy (non-hydrogen) atoms. The van der Waals surface area contributed by atoms with Gasteiger partial charge in [-0.1, -0.05) is 0 Å². The van der Waals surface area contributed by atoms with Gasteiger partial charge in [0.25, 0.3) is 6.43 Å². The normalized spacial score (nSPS) is 10.8. The lowest BCUT2D eigenvalue weighted by Gasteiger charge is -2.10. The molecule has 0 saturated heterocycles. The van der Waals surface area contributed by atoms with Gasteiger partial charge in [0.1, 0.15) is 0 Å². The zero-order valence-electron chi connectivity index (χ0n) is 7.09. The number of aliphatic hydroxyl groups is 1. The number of nitrogen functional groups attached to an aromatic ring is 1. The highest BCUT2D eigenvalue weighted by molar-refractivity contribution is 5.53. The molecule has 1 rings (SSSR count). The molecule has 0 aliphatic heterocycles. The Hall–Kier alpha value is -1.23. The van der Waals surface area contributed by atoms with E-state index in [0.717, 1.165) is 0 Å². The average molecular weight is 188 g/mol. The summed E-state index contributed by atoms with van der Waals surface area (Å²) in [6.45, 7) is 1.07. The van der Waals surface area contributed by atoms with Crippen molar-refractivity contribution in [3.05, 3.63) is 23.0 Å². The van der Waals surface area contributed by atoms with Crippen molar-refractivity contribution in [3.63, 3.8) is 0 Å². The summed E-state index contributed by atoms with van der Waals surface area (Å²) in [6.07, 6.45) is -1.46. The van der Waals surface area contributed by atoms with Crippen LogP contribution in [0.3, 0.4) is 0 Å². The lowest BCUT2D eigenvalue weighted by atomic mass is 10.1. The highest BCUT2D eigenvalue weighted by atomic mass is 19.3. The third-order valence-electron chi connectivity index (χ3n) is 1.83. The molecule has 0 spiro atoms. The summed E-state index contributed by atoms with van der Waals surface area (Å²) < 4.78 is 24.9. The van der Waals surface area contributed by atoms with Crippen LogP contribution in [-0.2, 0) is 6.61 Å². The van der Waals surface area contributed by atoms with Crippen LogP contribution in [0.5, 0.6) is 0 Å². The number of hydrogen-bond donors (Lipinski definition) is 2. The van der Waals surface area contributed by atoms with Crippen LogP contribution in [0.2, 0.25) is 0 Å². The van der Waals surface area contributed by atoms with Crippen molar-refractivity contribution in [3.8, 4) is 0 Å². The lowest BCUT2D eigenvalue weighted by molar-refractivity contribution is 0.148. The molecular formula is C8H10F2N2O. The van der Waals surface area contributed by atoms with Gasteiger partial charge in [-0.2, -0.15) is 0 Å². The van der Waals surface area contributed by atoms with Gasteiger partial charge in [-0.05, 0) is 6.92 Å². The van der Waals surface area contributed by atoms with Gasteiger partial charge in [0.05, 0.1) is 18.0 Å². The van der Waals surface area contributed by atoms with E-state index in [4.69, 9.17) is 10.8 Å². The van der Waals surface area contributed by atoms with Crippen molar-refractivity contribution in [2.24, 2.45) is 0 Å². The molecule has 1 heterocycles. The molecule has 0 fully saturated rings. The third-order valence-corrected chi connectivity index (χ3v) is 1.83. The Kier molecular flexibility index (Phi) is 2.77. The van der Waals surface area contributed by atoms with E-state index in [0.29, 0.717) is 5.69 Å². The molecule has 0 aliphatic rings. The molecule has 3 nitrogen and oxygen atoms in total. The smallest absolute Gasteiger partial charge is 0.266 e. The second-order valence-corrected chi connectivity index (χ2v) is 2.66. The molecule has 5 heteroatoms. The predicted octanol–water partition coefficient (Wildman–Crippen LogP) is 1.40. The van der Waals surface area contributed by atoms with Crippen molar-refractivity contribution in [1.29, 1.82) is 0 Å². The largest absolute Gasteiger partial charge is 0.397 e. The van der Waals surface area contributed by atoms with Gasteiger partial charge in [0.2, 0.25) is 0 Å². The van der Waals surface area contributed by atoms with Crippen LogP contribution < -0.4 is 5.73 Å². The molecule has 1 aromatic heterocycles. The topological polar surface area (TPSA) is 59.1 Å². The number of hydrogen-bond acceptors (Lipinski definition) is 3. The zero-order valence-corrected chi connectivity index (χ0v) is 7.09. The summed E-state index contributed by atoms with van der Waals surface area (Å²) in [7, 11) is 0. The van der Waals surface area contributed by atoms with Crippen molar-refractivity contribution >= 4 is 5.69 Å². The molecule has 0 unspecified atom stereocenters. The first-order valence-electron chi connectivity index (χ1n) is 3.70. The number of nitrogens with two attached hydrogens (primary N) is 1. The number of halogens is 2. The SMILES string of the molecule is Cc1ncc(CO)c(C(F)F)c1N. The minimum atomic E-state index is -2.68. The van der Waals surface area contributed by atoms with Gasteiger partial charge in [-0.15, -0.1) is 0 Å². The van der Waals surface area contributed by atoms with Gasteiger partial charge in [0.15, 0.2) is 0 Å². The first-order chi connectivity index (χ1) is 6.07. The second-order valence-electron chi connectivity index (χ2n) is 2.66. The number of aryl methyl sites for hydroxylation is 1. The van der Waals surface area contributed by atoms with Gasteiger partial charge in [-0.3, -0.25) is 4.98 Å². The van der Waals surface area contributed by atoms with E-state index in [1.165, 1.54) is 6.20 Å². The summed E-state index contributed by atoms with van der Waals surface area (Å²) in [5.41, 5.74) is 5.49. The van der Waals surface area contributed by atoms with E-state index < -0.39 is 13.0 Å². The molecule has 3 N–H and O–H groups in total. The number of aromatic nitrogens is 1. The first kappa shape index (κ1) is 9.85. The Morgan fingerprint density at radius 2 is 2.23 bits per heavy atom. The number of pyridine rings is 1. The van der Waals surface area contributed by atoms with Crippen molar-refractivity contribution < 1.29 is 13.9 Å². The molecule has 0 atom stereocenters.